The average molecular weight is 373 g/mol. The van der Waals surface area contributed by atoms with Crippen LogP contribution in [0.1, 0.15) is 16.0 Å². The third kappa shape index (κ3) is 4.11. The molecule has 130 valence electrons. The Balaban J connectivity index is 1.63. The second kappa shape index (κ2) is 7.41. The number of benzene rings is 1. The molecule has 1 N–H and O–H groups in total. The molecule has 2 heterocycles. The van der Waals surface area contributed by atoms with E-state index in [1.807, 2.05) is 37.6 Å². The van der Waals surface area contributed by atoms with Gasteiger partial charge < -0.3 is 9.88 Å². The van der Waals surface area contributed by atoms with Gasteiger partial charge in [-0.2, -0.15) is 0 Å². The summed E-state index contributed by atoms with van der Waals surface area (Å²) in [6.45, 7) is 6.10. The van der Waals surface area contributed by atoms with Crippen LogP contribution in [-0.4, -0.2) is 26.4 Å². The van der Waals surface area contributed by atoms with Crippen molar-refractivity contribution in [2.75, 3.05) is 11.1 Å². The van der Waals surface area contributed by atoms with Crippen LogP contribution in [0.5, 0.6) is 0 Å². The molecule has 0 saturated carbocycles. The van der Waals surface area contributed by atoms with E-state index < -0.39 is 0 Å². The van der Waals surface area contributed by atoms with E-state index in [4.69, 9.17) is 0 Å². The molecule has 0 saturated heterocycles. The number of amides is 1. The van der Waals surface area contributed by atoms with Crippen molar-refractivity contribution >= 4 is 34.7 Å². The van der Waals surface area contributed by atoms with Gasteiger partial charge in [0.15, 0.2) is 11.0 Å². The topological polar surface area (TPSA) is 59.8 Å². The van der Waals surface area contributed by atoms with Crippen LogP contribution in [0.25, 0.3) is 11.4 Å². The predicted octanol–water partition coefficient (Wildman–Crippen LogP) is 4.20. The highest BCUT2D eigenvalue weighted by Gasteiger charge is 2.14. The van der Waals surface area contributed by atoms with Crippen LogP contribution in [0.3, 0.4) is 0 Å². The van der Waals surface area contributed by atoms with Crippen molar-refractivity contribution in [2.45, 2.75) is 25.9 Å². The van der Waals surface area contributed by atoms with Crippen LogP contribution in [0.15, 0.2) is 34.8 Å². The van der Waals surface area contributed by atoms with Gasteiger partial charge in [-0.05, 0) is 38.5 Å². The Kier molecular flexibility index (Phi) is 5.24. The van der Waals surface area contributed by atoms with Crippen molar-refractivity contribution in [3.05, 3.63) is 45.6 Å². The van der Waals surface area contributed by atoms with Crippen LogP contribution in [0, 0.1) is 20.8 Å². The molecule has 0 atom stereocenters. The van der Waals surface area contributed by atoms with Crippen molar-refractivity contribution < 1.29 is 4.79 Å². The largest absolute Gasteiger partial charge is 0.325 e. The third-order valence-corrected chi connectivity index (χ3v) is 5.69. The molecule has 3 rings (SSSR count). The summed E-state index contributed by atoms with van der Waals surface area (Å²) < 4.78 is 1.93. The summed E-state index contributed by atoms with van der Waals surface area (Å²) in [6.07, 6.45) is 0. The number of aromatic nitrogens is 3. The van der Waals surface area contributed by atoms with Gasteiger partial charge in [-0.3, -0.25) is 4.79 Å². The molecule has 0 aliphatic heterocycles. The molecular formula is C18H20N4OS2. The minimum Gasteiger partial charge on any atom is -0.325 e. The molecule has 1 amide bonds. The smallest absolute Gasteiger partial charge is 0.234 e. The fourth-order valence-corrected chi connectivity index (χ4v) is 3.92. The lowest BCUT2D eigenvalue weighted by Gasteiger charge is -2.09. The molecule has 0 spiro atoms. The average Bonchev–Trinajstić information content (AvgIpc) is 3.14. The molecule has 5 nitrogen and oxygen atoms in total. The van der Waals surface area contributed by atoms with Crippen LogP contribution < -0.4 is 5.32 Å². The van der Waals surface area contributed by atoms with Gasteiger partial charge in [0.25, 0.3) is 0 Å². The van der Waals surface area contributed by atoms with Crippen molar-refractivity contribution in [3.63, 3.8) is 0 Å². The van der Waals surface area contributed by atoms with Gasteiger partial charge in [-0.15, -0.1) is 21.5 Å². The van der Waals surface area contributed by atoms with E-state index in [-0.39, 0.29) is 5.91 Å². The van der Waals surface area contributed by atoms with Gasteiger partial charge in [0.05, 0.1) is 5.75 Å². The fraction of sp³-hybridized carbons (Fsp3) is 0.278. The van der Waals surface area contributed by atoms with E-state index in [9.17, 15) is 4.79 Å². The van der Waals surface area contributed by atoms with E-state index in [2.05, 4.69) is 40.0 Å². The summed E-state index contributed by atoms with van der Waals surface area (Å²) in [6, 6.07) is 8.08. The maximum Gasteiger partial charge on any atom is 0.234 e. The van der Waals surface area contributed by atoms with E-state index in [0.717, 1.165) is 27.8 Å². The Hall–Kier alpha value is -2.12. The SMILES string of the molecule is Cc1ccc(NC(=O)CSc2nnc(-c3csc(C)c3)n2C)c(C)c1. The summed E-state index contributed by atoms with van der Waals surface area (Å²) in [4.78, 5) is 13.5. The van der Waals surface area contributed by atoms with E-state index in [1.54, 1.807) is 11.3 Å². The molecule has 0 aliphatic rings. The number of nitrogens with one attached hydrogen (secondary N) is 1. The maximum atomic E-state index is 12.2. The van der Waals surface area contributed by atoms with Crippen molar-refractivity contribution in [1.29, 1.82) is 0 Å². The number of thiophene rings is 1. The first-order valence-corrected chi connectivity index (χ1v) is 9.75. The second-order valence-electron chi connectivity index (χ2n) is 5.97. The number of thioether (sulfide) groups is 1. The highest BCUT2D eigenvalue weighted by atomic mass is 32.2. The van der Waals surface area contributed by atoms with Crippen LogP contribution >= 0.6 is 23.1 Å². The molecule has 25 heavy (non-hydrogen) atoms. The van der Waals surface area contributed by atoms with E-state index in [1.165, 1.54) is 22.2 Å². The zero-order valence-electron chi connectivity index (χ0n) is 14.7. The molecule has 2 aromatic heterocycles. The van der Waals surface area contributed by atoms with Gasteiger partial charge in [-0.1, -0.05) is 29.5 Å². The summed E-state index contributed by atoms with van der Waals surface area (Å²) in [5, 5.41) is 14.2. The molecule has 0 bridgehead atoms. The molecule has 1 aromatic carbocycles. The monoisotopic (exact) mass is 372 g/mol. The van der Waals surface area contributed by atoms with E-state index in [0.29, 0.717) is 5.75 Å². The minimum atomic E-state index is -0.0483. The highest BCUT2D eigenvalue weighted by Crippen LogP contribution is 2.26. The van der Waals surface area contributed by atoms with Crippen LogP contribution in [-0.2, 0) is 11.8 Å². The Morgan fingerprint density at radius 1 is 1.24 bits per heavy atom. The van der Waals surface area contributed by atoms with Crippen LogP contribution in [0.2, 0.25) is 0 Å². The Bertz CT molecular complexity index is 914. The predicted molar refractivity (Wildman–Crippen MR) is 104 cm³/mol. The van der Waals surface area contributed by atoms with Crippen molar-refractivity contribution in [2.24, 2.45) is 7.05 Å². The standard InChI is InChI=1S/C18H20N4OS2/c1-11-5-6-15(12(2)7-11)19-16(23)10-25-18-21-20-17(22(18)4)14-8-13(3)24-9-14/h5-9H,10H2,1-4H3,(H,19,23). The number of hydrogen-bond acceptors (Lipinski definition) is 5. The van der Waals surface area contributed by atoms with Crippen molar-refractivity contribution in [3.8, 4) is 11.4 Å². The van der Waals surface area contributed by atoms with Gasteiger partial charge in [0.2, 0.25) is 5.91 Å². The lowest BCUT2D eigenvalue weighted by molar-refractivity contribution is -0.113. The second-order valence-corrected chi connectivity index (χ2v) is 8.02. The number of carbonyl (C=O) groups is 1. The van der Waals surface area contributed by atoms with Crippen LogP contribution in [0.4, 0.5) is 5.69 Å². The zero-order valence-corrected chi connectivity index (χ0v) is 16.3. The summed E-state index contributed by atoms with van der Waals surface area (Å²) in [5.74, 6) is 1.07. The van der Waals surface area contributed by atoms with Gasteiger partial charge in [0, 0.05) is 28.6 Å². The summed E-state index contributed by atoms with van der Waals surface area (Å²) >= 11 is 3.07. The molecule has 0 radical (unpaired) electrons. The summed E-state index contributed by atoms with van der Waals surface area (Å²) in [5.41, 5.74) is 4.15. The normalized spacial score (nSPS) is 10.9. The molecule has 0 fully saturated rings. The van der Waals surface area contributed by atoms with E-state index >= 15 is 0 Å². The maximum absolute atomic E-state index is 12.2. The number of rotatable bonds is 5. The molecular weight excluding hydrogens is 352 g/mol. The molecule has 7 heteroatoms. The lowest BCUT2D eigenvalue weighted by atomic mass is 10.1. The number of hydrogen-bond donors (Lipinski definition) is 1. The summed E-state index contributed by atoms with van der Waals surface area (Å²) in [7, 11) is 1.92. The first-order valence-electron chi connectivity index (χ1n) is 7.89. The molecule has 0 unspecified atom stereocenters. The van der Waals surface area contributed by atoms with Gasteiger partial charge in [-0.25, -0.2) is 0 Å². The zero-order chi connectivity index (χ0) is 18.0. The number of anilines is 1. The molecule has 0 aliphatic carbocycles. The van der Waals surface area contributed by atoms with Crippen molar-refractivity contribution in [1.82, 2.24) is 14.8 Å². The first kappa shape index (κ1) is 17.7. The highest BCUT2D eigenvalue weighted by molar-refractivity contribution is 7.99. The minimum absolute atomic E-state index is 0.0483. The third-order valence-electron chi connectivity index (χ3n) is 3.81. The Labute approximate surface area is 155 Å². The number of aryl methyl sites for hydroxylation is 3. The number of nitrogens with zero attached hydrogens (tertiary/aromatic N) is 3. The Morgan fingerprint density at radius 3 is 2.72 bits per heavy atom. The van der Waals surface area contributed by atoms with Gasteiger partial charge >= 0.3 is 0 Å². The quantitative estimate of drug-likeness (QED) is 0.682. The Morgan fingerprint density at radius 2 is 2.04 bits per heavy atom. The van der Waals surface area contributed by atoms with Gasteiger partial charge in [0.1, 0.15) is 0 Å². The lowest BCUT2D eigenvalue weighted by Crippen LogP contribution is -2.15. The number of carbonyl (C=O) groups excluding carboxylic acids is 1. The first-order chi connectivity index (χ1) is 11.9. The molecule has 3 aromatic rings. The fourth-order valence-electron chi connectivity index (χ4n) is 2.52.